The third-order valence-corrected chi connectivity index (χ3v) is 6.36. The maximum Gasteiger partial charge on any atom is 0.336 e. The maximum atomic E-state index is 12.7. The molecule has 0 spiro atoms. The molecule has 1 N–H and O–H groups in total. The first-order valence-electron chi connectivity index (χ1n) is 9.55. The van der Waals surface area contributed by atoms with E-state index in [9.17, 15) is 9.59 Å². The van der Waals surface area contributed by atoms with Crippen molar-refractivity contribution in [1.82, 2.24) is 5.32 Å². The normalized spacial score (nSPS) is 13.7. The summed E-state index contributed by atoms with van der Waals surface area (Å²) in [4.78, 5) is 25.5. The minimum atomic E-state index is -0.585. The Balaban J connectivity index is 1.68. The van der Waals surface area contributed by atoms with E-state index < -0.39 is 11.9 Å². The molecule has 32 heavy (non-hydrogen) atoms. The third kappa shape index (κ3) is 5.59. The van der Waals surface area contributed by atoms with Gasteiger partial charge in [-0.3, -0.25) is 0 Å². The van der Waals surface area contributed by atoms with E-state index in [1.165, 1.54) is 0 Å². The van der Waals surface area contributed by atoms with Gasteiger partial charge in [0.1, 0.15) is 13.2 Å². The molecule has 0 radical (unpaired) electrons. The zero-order valence-electron chi connectivity index (χ0n) is 17.2. The van der Waals surface area contributed by atoms with Crippen LogP contribution in [0.1, 0.15) is 31.4 Å². The van der Waals surface area contributed by atoms with Crippen LogP contribution in [0.4, 0.5) is 0 Å². The first-order valence-corrected chi connectivity index (χ1v) is 11.1. The van der Waals surface area contributed by atoms with Crippen LogP contribution in [0.3, 0.4) is 0 Å². The molecule has 168 valence electrons. The molecule has 2 aromatic carbocycles. The van der Waals surface area contributed by atoms with Gasteiger partial charge in [0.15, 0.2) is 0 Å². The fourth-order valence-electron chi connectivity index (χ4n) is 3.11. The minimum absolute atomic E-state index is 0.0504. The zero-order chi connectivity index (χ0) is 23.4. The molecule has 2 aromatic rings. The average molecular weight is 515 g/mol. The number of carbonyl (C=O) groups excluding carboxylic acids is 2. The molecule has 0 aromatic heterocycles. The number of allylic oxidation sites excluding steroid dienone is 2. The van der Waals surface area contributed by atoms with Crippen LogP contribution in [-0.4, -0.2) is 11.9 Å². The summed E-state index contributed by atoms with van der Waals surface area (Å²) >= 11 is 24.5. The summed E-state index contributed by atoms with van der Waals surface area (Å²) < 4.78 is 10.8. The van der Waals surface area contributed by atoms with Gasteiger partial charge in [0.2, 0.25) is 0 Å². The van der Waals surface area contributed by atoms with Gasteiger partial charge in [0.25, 0.3) is 0 Å². The lowest BCUT2D eigenvalue weighted by Gasteiger charge is -2.22. The van der Waals surface area contributed by atoms with Crippen LogP contribution in [0.15, 0.2) is 58.9 Å². The van der Waals surface area contributed by atoms with Crippen LogP contribution in [0.25, 0.3) is 0 Å². The first-order chi connectivity index (χ1) is 15.2. The van der Waals surface area contributed by atoms with E-state index in [2.05, 4.69) is 5.32 Å². The molecule has 1 aliphatic rings. The summed E-state index contributed by atoms with van der Waals surface area (Å²) in [6.07, 6.45) is 0.0504. The minimum Gasteiger partial charge on any atom is -0.457 e. The van der Waals surface area contributed by atoms with Crippen molar-refractivity contribution in [2.24, 2.45) is 0 Å². The average Bonchev–Trinajstić information content (AvgIpc) is 2.72. The number of ether oxygens (including phenoxy) is 2. The van der Waals surface area contributed by atoms with Gasteiger partial charge < -0.3 is 14.8 Å². The molecule has 0 saturated heterocycles. The predicted octanol–water partition coefficient (Wildman–Crippen LogP) is 6.63. The number of dihydropyridines is 1. The number of carbonyl (C=O) groups is 2. The van der Waals surface area contributed by atoms with Crippen LogP contribution < -0.4 is 5.32 Å². The second-order valence-corrected chi connectivity index (χ2v) is 8.69. The highest BCUT2D eigenvalue weighted by Gasteiger charge is 2.27. The van der Waals surface area contributed by atoms with E-state index in [1.807, 2.05) is 0 Å². The molecule has 5 nitrogen and oxygen atoms in total. The molecule has 0 atom stereocenters. The Morgan fingerprint density at radius 1 is 0.750 bits per heavy atom. The number of hydrogen-bond donors (Lipinski definition) is 1. The smallest absolute Gasteiger partial charge is 0.336 e. The topological polar surface area (TPSA) is 64.6 Å². The van der Waals surface area contributed by atoms with Gasteiger partial charge in [0, 0.05) is 49.0 Å². The van der Waals surface area contributed by atoms with Crippen LogP contribution in [-0.2, 0) is 32.3 Å². The number of nitrogens with one attached hydrogen (secondary N) is 1. The van der Waals surface area contributed by atoms with Crippen molar-refractivity contribution in [3.05, 3.63) is 90.2 Å². The van der Waals surface area contributed by atoms with Gasteiger partial charge in [-0.05, 0) is 38.1 Å². The first kappa shape index (κ1) is 24.5. The Labute approximate surface area is 205 Å². The van der Waals surface area contributed by atoms with E-state index in [0.717, 1.165) is 0 Å². The molecule has 0 fully saturated rings. The number of rotatable bonds is 6. The molecule has 3 rings (SSSR count). The third-order valence-electron chi connectivity index (χ3n) is 4.95. The molecule has 1 heterocycles. The summed E-state index contributed by atoms with van der Waals surface area (Å²) in [5.74, 6) is -1.17. The van der Waals surface area contributed by atoms with Crippen molar-refractivity contribution >= 4 is 58.3 Å². The Morgan fingerprint density at radius 3 is 1.44 bits per heavy atom. The lowest BCUT2D eigenvalue weighted by atomic mass is 9.98. The van der Waals surface area contributed by atoms with Crippen LogP contribution >= 0.6 is 46.4 Å². The Bertz CT molecular complexity index is 1010. The van der Waals surface area contributed by atoms with E-state index in [1.54, 1.807) is 50.2 Å². The number of esters is 2. The van der Waals surface area contributed by atoms with E-state index in [0.29, 0.717) is 53.8 Å². The molecule has 0 amide bonds. The highest BCUT2D eigenvalue weighted by atomic mass is 35.5. The maximum absolute atomic E-state index is 12.7. The van der Waals surface area contributed by atoms with Crippen molar-refractivity contribution < 1.29 is 19.1 Å². The lowest BCUT2D eigenvalue weighted by Crippen LogP contribution is -2.26. The van der Waals surface area contributed by atoms with Gasteiger partial charge in [-0.15, -0.1) is 0 Å². The van der Waals surface area contributed by atoms with Gasteiger partial charge in [0.05, 0.1) is 11.1 Å². The van der Waals surface area contributed by atoms with Crippen LogP contribution in [0.2, 0.25) is 20.1 Å². The molecule has 0 unspecified atom stereocenters. The van der Waals surface area contributed by atoms with E-state index >= 15 is 0 Å². The quantitative estimate of drug-likeness (QED) is 0.438. The Morgan fingerprint density at radius 2 is 1.09 bits per heavy atom. The van der Waals surface area contributed by atoms with Crippen molar-refractivity contribution in [2.45, 2.75) is 33.5 Å². The van der Waals surface area contributed by atoms with Gasteiger partial charge in [-0.2, -0.15) is 0 Å². The summed E-state index contributed by atoms with van der Waals surface area (Å²) in [5, 5.41) is 4.63. The zero-order valence-corrected chi connectivity index (χ0v) is 20.3. The van der Waals surface area contributed by atoms with Gasteiger partial charge >= 0.3 is 11.9 Å². The molecule has 0 bridgehead atoms. The SMILES string of the molecule is CC1=C(C(=O)OCc2c(Cl)cccc2Cl)CC(C(=O)OCc2c(Cl)cccc2Cl)=C(C)N1. The highest BCUT2D eigenvalue weighted by Crippen LogP contribution is 2.29. The standard InChI is InChI=1S/C23H19Cl4NO4/c1-12-14(22(29)31-10-16-18(24)5-3-6-19(16)25)9-15(13(2)28-12)23(30)32-11-17-20(26)7-4-8-21(17)27/h3-8,28H,9-11H2,1-2H3. The summed E-state index contributed by atoms with van der Waals surface area (Å²) in [5.41, 5.74) is 2.80. The van der Waals surface area contributed by atoms with E-state index in [-0.39, 0.29) is 19.6 Å². The van der Waals surface area contributed by atoms with Crippen molar-refractivity contribution in [1.29, 1.82) is 0 Å². The predicted molar refractivity (Wildman–Crippen MR) is 126 cm³/mol. The van der Waals surface area contributed by atoms with Gasteiger partial charge in [-0.1, -0.05) is 58.5 Å². The fraction of sp³-hybridized carbons (Fsp3) is 0.217. The second kappa shape index (κ2) is 10.6. The van der Waals surface area contributed by atoms with Crippen LogP contribution in [0, 0.1) is 0 Å². The largest absolute Gasteiger partial charge is 0.457 e. The second-order valence-electron chi connectivity index (χ2n) is 7.06. The Kier molecular flexibility index (Phi) is 8.12. The summed E-state index contributed by atoms with van der Waals surface area (Å²) in [6.45, 7) is 3.27. The summed E-state index contributed by atoms with van der Waals surface area (Å²) in [6, 6.07) is 10.1. The number of benzene rings is 2. The van der Waals surface area contributed by atoms with Gasteiger partial charge in [-0.25, -0.2) is 9.59 Å². The van der Waals surface area contributed by atoms with Crippen molar-refractivity contribution in [3.63, 3.8) is 0 Å². The fourth-order valence-corrected chi connectivity index (χ4v) is 4.13. The molecule has 0 saturated carbocycles. The molecule has 0 aliphatic carbocycles. The van der Waals surface area contributed by atoms with Crippen LogP contribution in [0.5, 0.6) is 0 Å². The lowest BCUT2D eigenvalue weighted by molar-refractivity contribution is -0.141. The highest BCUT2D eigenvalue weighted by molar-refractivity contribution is 6.36. The van der Waals surface area contributed by atoms with E-state index in [4.69, 9.17) is 55.9 Å². The molecule has 9 heteroatoms. The molecular weight excluding hydrogens is 496 g/mol. The van der Waals surface area contributed by atoms with Crippen molar-refractivity contribution in [3.8, 4) is 0 Å². The number of hydrogen-bond acceptors (Lipinski definition) is 5. The van der Waals surface area contributed by atoms with Crippen molar-refractivity contribution in [2.75, 3.05) is 0 Å². The number of halogens is 4. The molecule has 1 aliphatic heterocycles. The molecular formula is C23H19Cl4NO4. The monoisotopic (exact) mass is 513 g/mol. The summed E-state index contributed by atoms with van der Waals surface area (Å²) in [7, 11) is 0. The Hall–Kier alpha value is -2.18.